The average molecular weight is 318 g/mol. The quantitative estimate of drug-likeness (QED) is 0.877. The maximum Gasteiger partial charge on any atom is 0.228 e. The number of amides is 1. The maximum absolute atomic E-state index is 12.7. The fourth-order valence-electron chi connectivity index (χ4n) is 4.13. The van der Waals surface area contributed by atoms with Crippen molar-refractivity contribution >= 4 is 17.6 Å². The van der Waals surface area contributed by atoms with Gasteiger partial charge in [0.2, 0.25) is 5.91 Å². The minimum atomic E-state index is -1.11. The minimum Gasteiger partial charge on any atom is -0.550 e. The van der Waals surface area contributed by atoms with Gasteiger partial charge in [0.15, 0.2) is 0 Å². The molecule has 6 heteroatoms. The first-order chi connectivity index (χ1) is 11.0. The van der Waals surface area contributed by atoms with Crippen LogP contribution in [0, 0.1) is 23.7 Å². The van der Waals surface area contributed by atoms with Crippen molar-refractivity contribution in [2.24, 2.45) is 23.7 Å². The van der Waals surface area contributed by atoms with Gasteiger partial charge in [-0.3, -0.25) is 4.79 Å². The van der Waals surface area contributed by atoms with Crippen LogP contribution in [0.25, 0.3) is 0 Å². The van der Waals surface area contributed by atoms with Crippen LogP contribution < -0.4 is 19.9 Å². The van der Waals surface area contributed by atoms with Crippen LogP contribution in [0.15, 0.2) is 18.2 Å². The Morgan fingerprint density at radius 2 is 1.83 bits per heavy atom. The first-order valence-corrected chi connectivity index (χ1v) is 7.79. The number of rotatable bonds is 5. The highest BCUT2D eigenvalue weighted by Gasteiger charge is 2.51. The number of carboxylic acid groups (broad SMARTS) is 1. The molecule has 1 aromatic rings. The smallest absolute Gasteiger partial charge is 0.228 e. The zero-order valence-corrected chi connectivity index (χ0v) is 13.2. The fraction of sp³-hybridized carbons (Fsp3) is 0.529. The van der Waals surface area contributed by atoms with Crippen molar-refractivity contribution in [2.45, 2.75) is 19.3 Å². The predicted octanol–water partition coefficient (Wildman–Crippen LogP) is 1.05. The summed E-state index contributed by atoms with van der Waals surface area (Å²) in [5.41, 5.74) is 0.512. The SMILES string of the molecule is COc1ccc(NC(=O)[C@@H]2[C@@H]3CC[C@@H](C3)[C@@H]2C(=O)[O-])c(OC)c1. The molecule has 2 aliphatic carbocycles. The van der Waals surface area contributed by atoms with Crippen LogP contribution in [-0.2, 0) is 9.59 Å². The molecule has 23 heavy (non-hydrogen) atoms. The number of carbonyl (C=O) groups excluding carboxylic acids is 2. The normalized spacial score (nSPS) is 28.4. The predicted molar refractivity (Wildman–Crippen MR) is 81.0 cm³/mol. The van der Waals surface area contributed by atoms with Crippen molar-refractivity contribution in [1.29, 1.82) is 0 Å². The van der Waals surface area contributed by atoms with E-state index in [-0.39, 0.29) is 17.7 Å². The molecular weight excluding hydrogens is 298 g/mol. The van der Waals surface area contributed by atoms with E-state index in [1.807, 2.05) is 0 Å². The van der Waals surface area contributed by atoms with Crippen molar-refractivity contribution in [2.75, 3.05) is 19.5 Å². The lowest BCUT2D eigenvalue weighted by Crippen LogP contribution is -2.43. The second kappa shape index (κ2) is 6.10. The Morgan fingerprint density at radius 1 is 1.13 bits per heavy atom. The highest BCUT2D eigenvalue weighted by Crippen LogP contribution is 2.52. The van der Waals surface area contributed by atoms with E-state index in [1.54, 1.807) is 25.3 Å². The van der Waals surface area contributed by atoms with Gasteiger partial charge in [-0.1, -0.05) is 0 Å². The van der Waals surface area contributed by atoms with Crippen LogP contribution in [0.2, 0.25) is 0 Å². The third-order valence-corrected chi connectivity index (χ3v) is 5.16. The standard InChI is InChI=1S/C17H21NO5/c1-22-11-5-6-12(13(8-11)23-2)18-16(19)14-9-3-4-10(7-9)15(14)17(20)21/h5-6,8-10,14-15H,3-4,7H2,1-2H3,(H,18,19)(H,20,21)/p-1/t9-,10+,14-,15+/m1/s1. The summed E-state index contributed by atoms with van der Waals surface area (Å²) in [5.74, 6) is -1.29. The number of ether oxygens (including phenoxy) is 2. The molecule has 0 unspecified atom stereocenters. The van der Waals surface area contributed by atoms with Gasteiger partial charge >= 0.3 is 0 Å². The Bertz CT molecular complexity index is 629. The van der Waals surface area contributed by atoms with E-state index in [9.17, 15) is 14.7 Å². The summed E-state index contributed by atoms with van der Waals surface area (Å²) >= 11 is 0. The minimum absolute atomic E-state index is 0.0681. The molecule has 0 radical (unpaired) electrons. The van der Waals surface area contributed by atoms with Crippen LogP contribution in [0.4, 0.5) is 5.69 Å². The number of benzene rings is 1. The Labute approximate surface area is 134 Å². The van der Waals surface area contributed by atoms with E-state index in [0.29, 0.717) is 17.2 Å². The number of carbonyl (C=O) groups is 2. The molecule has 1 N–H and O–H groups in total. The molecule has 2 saturated carbocycles. The zero-order valence-electron chi connectivity index (χ0n) is 13.2. The highest BCUT2D eigenvalue weighted by atomic mass is 16.5. The number of nitrogens with one attached hydrogen (secondary N) is 1. The van der Waals surface area contributed by atoms with Gasteiger partial charge in [-0.05, 0) is 43.2 Å². The summed E-state index contributed by atoms with van der Waals surface area (Å²) in [4.78, 5) is 24.1. The second-order valence-corrected chi connectivity index (χ2v) is 6.26. The maximum atomic E-state index is 12.7. The van der Waals surface area contributed by atoms with Crippen LogP contribution >= 0.6 is 0 Å². The fourth-order valence-corrected chi connectivity index (χ4v) is 4.13. The number of hydrogen-bond donors (Lipinski definition) is 1. The number of hydrogen-bond acceptors (Lipinski definition) is 5. The van der Waals surface area contributed by atoms with E-state index in [1.165, 1.54) is 7.11 Å². The lowest BCUT2D eigenvalue weighted by Gasteiger charge is -2.30. The van der Waals surface area contributed by atoms with Crippen molar-refractivity contribution in [3.63, 3.8) is 0 Å². The first kappa shape index (κ1) is 15.6. The van der Waals surface area contributed by atoms with Crippen LogP contribution in [0.5, 0.6) is 11.5 Å². The van der Waals surface area contributed by atoms with Gasteiger partial charge in [-0.2, -0.15) is 0 Å². The molecule has 6 nitrogen and oxygen atoms in total. The first-order valence-electron chi connectivity index (χ1n) is 7.79. The number of methoxy groups -OCH3 is 2. The van der Waals surface area contributed by atoms with Crippen molar-refractivity contribution < 1.29 is 24.2 Å². The second-order valence-electron chi connectivity index (χ2n) is 6.26. The lowest BCUT2D eigenvalue weighted by atomic mass is 9.78. The molecule has 1 amide bonds. The van der Waals surface area contributed by atoms with Gasteiger partial charge in [-0.25, -0.2) is 0 Å². The largest absolute Gasteiger partial charge is 0.550 e. The summed E-state index contributed by atoms with van der Waals surface area (Å²) in [6, 6.07) is 5.08. The van der Waals surface area contributed by atoms with Gasteiger partial charge in [0.05, 0.1) is 19.9 Å². The molecule has 0 heterocycles. The number of aliphatic carboxylic acids is 1. The van der Waals surface area contributed by atoms with E-state index in [2.05, 4.69) is 5.32 Å². The van der Waals surface area contributed by atoms with Crippen molar-refractivity contribution in [3.8, 4) is 11.5 Å². The topological polar surface area (TPSA) is 87.7 Å². The summed E-state index contributed by atoms with van der Waals surface area (Å²) in [7, 11) is 3.05. The number of anilines is 1. The van der Waals surface area contributed by atoms with E-state index < -0.39 is 17.8 Å². The molecule has 4 atom stereocenters. The van der Waals surface area contributed by atoms with E-state index >= 15 is 0 Å². The summed E-state index contributed by atoms with van der Waals surface area (Å²) in [6.45, 7) is 0. The Kier molecular flexibility index (Phi) is 4.15. The third-order valence-electron chi connectivity index (χ3n) is 5.16. The molecule has 0 aromatic heterocycles. The monoisotopic (exact) mass is 318 g/mol. The van der Waals surface area contributed by atoms with Gasteiger partial charge in [-0.15, -0.1) is 0 Å². The summed E-state index contributed by atoms with van der Waals surface area (Å²) in [5, 5.41) is 14.2. The van der Waals surface area contributed by atoms with Crippen molar-refractivity contribution in [1.82, 2.24) is 0 Å². The Morgan fingerprint density at radius 3 is 2.43 bits per heavy atom. The van der Waals surface area contributed by atoms with Gasteiger partial charge in [0, 0.05) is 23.9 Å². The number of carboxylic acids is 1. The van der Waals surface area contributed by atoms with Crippen LogP contribution in [-0.4, -0.2) is 26.1 Å². The van der Waals surface area contributed by atoms with E-state index in [0.717, 1.165) is 19.3 Å². The molecule has 1 aromatic carbocycles. The van der Waals surface area contributed by atoms with Crippen LogP contribution in [0.1, 0.15) is 19.3 Å². The average Bonchev–Trinajstić information content (AvgIpc) is 3.16. The molecule has 2 aliphatic rings. The molecule has 0 saturated heterocycles. The van der Waals surface area contributed by atoms with Crippen LogP contribution in [0.3, 0.4) is 0 Å². The molecule has 3 rings (SSSR count). The van der Waals surface area contributed by atoms with Gasteiger partial charge in [0.25, 0.3) is 0 Å². The summed E-state index contributed by atoms with van der Waals surface area (Å²) < 4.78 is 10.4. The molecule has 0 aliphatic heterocycles. The Hall–Kier alpha value is -2.24. The number of fused-ring (bicyclic) bond motifs is 2. The van der Waals surface area contributed by atoms with Gasteiger partial charge in [0.1, 0.15) is 11.5 Å². The highest BCUT2D eigenvalue weighted by molar-refractivity contribution is 5.97. The summed E-state index contributed by atoms with van der Waals surface area (Å²) in [6.07, 6.45) is 2.59. The van der Waals surface area contributed by atoms with Gasteiger partial charge < -0.3 is 24.7 Å². The Balaban J connectivity index is 1.80. The van der Waals surface area contributed by atoms with E-state index in [4.69, 9.17) is 9.47 Å². The zero-order chi connectivity index (χ0) is 16.6. The molecule has 2 bridgehead atoms. The lowest BCUT2D eigenvalue weighted by molar-refractivity contribution is -0.314. The molecule has 124 valence electrons. The molecule has 0 spiro atoms. The molecular formula is C17H20NO5-. The molecule has 2 fully saturated rings. The van der Waals surface area contributed by atoms with Crippen molar-refractivity contribution in [3.05, 3.63) is 18.2 Å². The third kappa shape index (κ3) is 2.73.